The van der Waals surface area contributed by atoms with Gasteiger partial charge in [-0.2, -0.15) is 0 Å². The predicted octanol–water partition coefficient (Wildman–Crippen LogP) is 1.29. The van der Waals surface area contributed by atoms with Gasteiger partial charge < -0.3 is 5.73 Å². The van der Waals surface area contributed by atoms with Gasteiger partial charge >= 0.3 is 0 Å². The number of allylic oxidation sites excluding steroid dienone is 1. The molecule has 0 atom stereocenters. The van der Waals surface area contributed by atoms with Gasteiger partial charge in [-0.3, -0.25) is 4.99 Å². The van der Waals surface area contributed by atoms with Crippen molar-refractivity contribution in [1.29, 1.82) is 0 Å². The molecule has 2 N–H and O–H groups in total. The Morgan fingerprint density at radius 2 is 2.38 bits per heavy atom. The second-order valence-electron chi connectivity index (χ2n) is 1.53. The molecule has 2 nitrogen and oxygen atoms in total. The van der Waals surface area contributed by atoms with Crippen molar-refractivity contribution in [1.82, 2.24) is 0 Å². The SMILES string of the molecule is CCC=N/C(C)=C\N. The van der Waals surface area contributed by atoms with Gasteiger partial charge in [-0.05, 0) is 13.3 Å². The lowest BCUT2D eigenvalue weighted by molar-refractivity contribution is 1.23. The molecule has 0 aromatic heterocycles. The summed E-state index contributed by atoms with van der Waals surface area (Å²) in [6.45, 7) is 3.90. The average molecular weight is 112 g/mol. The summed E-state index contributed by atoms with van der Waals surface area (Å²) >= 11 is 0. The first-order chi connectivity index (χ1) is 3.81. The van der Waals surface area contributed by atoms with E-state index in [2.05, 4.69) is 4.99 Å². The number of hydrogen-bond donors (Lipinski definition) is 1. The molecular formula is C6H12N2. The van der Waals surface area contributed by atoms with E-state index >= 15 is 0 Å². The third-order valence-electron chi connectivity index (χ3n) is 0.719. The summed E-state index contributed by atoms with van der Waals surface area (Å²) in [5, 5.41) is 0. The maximum absolute atomic E-state index is 5.14. The molecule has 0 aromatic rings. The van der Waals surface area contributed by atoms with Crippen LogP contribution in [-0.2, 0) is 0 Å². The average Bonchev–Trinajstić information content (AvgIpc) is 1.83. The Balaban J connectivity index is 3.53. The highest BCUT2D eigenvalue weighted by Gasteiger charge is 1.73. The second kappa shape index (κ2) is 4.37. The van der Waals surface area contributed by atoms with Gasteiger partial charge in [0, 0.05) is 12.4 Å². The number of hydrogen-bond acceptors (Lipinski definition) is 2. The minimum absolute atomic E-state index is 0.867. The van der Waals surface area contributed by atoms with Gasteiger partial charge in [0.2, 0.25) is 0 Å². The van der Waals surface area contributed by atoms with Gasteiger partial charge in [0.1, 0.15) is 0 Å². The van der Waals surface area contributed by atoms with E-state index in [0.29, 0.717) is 0 Å². The summed E-state index contributed by atoms with van der Waals surface area (Å²) in [5.41, 5.74) is 6.00. The topological polar surface area (TPSA) is 38.4 Å². The van der Waals surface area contributed by atoms with Gasteiger partial charge in [0.05, 0.1) is 5.70 Å². The van der Waals surface area contributed by atoms with Crippen molar-refractivity contribution in [3.05, 3.63) is 11.9 Å². The van der Waals surface area contributed by atoms with Crippen LogP contribution in [0.1, 0.15) is 20.3 Å². The van der Waals surface area contributed by atoms with Crippen LogP contribution in [0.5, 0.6) is 0 Å². The molecule has 0 rings (SSSR count). The Morgan fingerprint density at radius 1 is 1.75 bits per heavy atom. The van der Waals surface area contributed by atoms with Crippen LogP contribution >= 0.6 is 0 Å². The first-order valence-electron chi connectivity index (χ1n) is 2.72. The molecule has 0 bridgehead atoms. The van der Waals surface area contributed by atoms with Crippen LogP contribution in [0.3, 0.4) is 0 Å². The molecule has 0 aliphatic rings. The molecule has 0 fully saturated rings. The number of nitrogens with two attached hydrogens (primary N) is 1. The molecule has 2 heteroatoms. The highest BCUT2D eigenvalue weighted by molar-refractivity contribution is 5.58. The highest BCUT2D eigenvalue weighted by atomic mass is 14.7. The highest BCUT2D eigenvalue weighted by Crippen LogP contribution is 1.87. The van der Waals surface area contributed by atoms with Crippen molar-refractivity contribution < 1.29 is 0 Å². The molecule has 0 aliphatic heterocycles. The molecule has 0 heterocycles. The van der Waals surface area contributed by atoms with Crippen LogP contribution in [0.4, 0.5) is 0 Å². The fourth-order valence-corrected chi connectivity index (χ4v) is 0.278. The normalized spacial score (nSPS) is 13.0. The van der Waals surface area contributed by atoms with E-state index in [0.717, 1.165) is 12.1 Å². The van der Waals surface area contributed by atoms with Crippen LogP contribution in [0.25, 0.3) is 0 Å². The van der Waals surface area contributed by atoms with E-state index in [9.17, 15) is 0 Å². The molecule has 46 valence electrons. The Kier molecular flexibility index (Phi) is 3.94. The van der Waals surface area contributed by atoms with E-state index in [4.69, 9.17) is 5.73 Å². The van der Waals surface area contributed by atoms with Crippen molar-refractivity contribution in [2.75, 3.05) is 0 Å². The Labute approximate surface area is 50.1 Å². The summed E-state index contributed by atoms with van der Waals surface area (Å²) in [5.74, 6) is 0. The fourth-order valence-electron chi connectivity index (χ4n) is 0.278. The monoisotopic (exact) mass is 112 g/mol. The lowest BCUT2D eigenvalue weighted by Gasteiger charge is -1.84. The standard InChI is InChI=1S/C6H12N2/c1-3-4-8-6(2)5-7/h4-5H,3,7H2,1-2H3/b6-5-,8-4?. The summed E-state index contributed by atoms with van der Waals surface area (Å²) in [6.07, 6.45) is 4.29. The molecule has 0 saturated carbocycles. The first-order valence-corrected chi connectivity index (χ1v) is 2.72. The van der Waals surface area contributed by atoms with Crippen LogP contribution < -0.4 is 5.73 Å². The smallest absolute Gasteiger partial charge is 0.0522 e. The van der Waals surface area contributed by atoms with Crippen molar-refractivity contribution in [2.24, 2.45) is 10.7 Å². The third-order valence-corrected chi connectivity index (χ3v) is 0.719. The van der Waals surface area contributed by atoms with Gasteiger partial charge in [-0.15, -0.1) is 0 Å². The molecule has 0 aromatic carbocycles. The van der Waals surface area contributed by atoms with Crippen molar-refractivity contribution in [3.63, 3.8) is 0 Å². The molecular weight excluding hydrogens is 100 g/mol. The van der Waals surface area contributed by atoms with Gasteiger partial charge in [-0.1, -0.05) is 6.92 Å². The minimum Gasteiger partial charge on any atom is -0.403 e. The number of aliphatic imine (C=N–C) groups is 1. The lowest BCUT2D eigenvalue weighted by atomic mass is 10.5. The van der Waals surface area contributed by atoms with E-state index < -0.39 is 0 Å². The van der Waals surface area contributed by atoms with Crippen LogP contribution in [-0.4, -0.2) is 6.21 Å². The quantitative estimate of drug-likeness (QED) is 0.537. The molecule has 0 unspecified atom stereocenters. The van der Waals surface area contributed by atoms with Crippen molar-refractivity contribution in [2.45, 2.75) is 20.3 Å². The summed E-state index contributed by atoms with van der Waals surface area (Å²) in [4.78, 5) is 3.97. The molecule has 0 spiro atoms. The summed E-state index contributed by atoms with van der Waals surface area (Å²) in [6, 6.07) is 0. The van der Waals surface area contributed by atoms with Crippen molar-refractivity contribution >= 4 is 6.21 Å². The van der Waals surface area contributed by atoms with E-state index in [1.165, 1.54) is 6.20 Å². The van der Waals surface area contributed by atoms with E-state index in [-0.39, 0.29) is 0 Å². The van der Waals surface area contributed by atoms with Gasteiger partial charge in [0.15, 0.2) is 0 Å². The zero-order valence-electron chi connectivity index (χ0n) is 5.39. The first kappa shape index (κ1) is 7.21. The van der Waals surface area contributed by atoms with E-state index in [1.54, 1.807) is 0 Å². The van der Waals surface area contributed by atoms with Gasteiger partial charge in [0.25, 0.3) is 0 Å². The molecule has 8 heavy (non-hydrogen) atoms. The Hall–Kier alpha value is -0.790. The third kappa shape index (κ3) is 3.40. The largest absolute Gasteiger partial charge is 0.403 e. The maximum Gasteiger partial charge on any atom is 0.0522 e. The Morgan fingerprint density at radius 3 is 2.75 bits per heavy atom. The minimum atomic E-state index is 0.867. The van der Waals surface area contributed by atoms with Crippen molar-refractivity contribution in [3.8, 4) is 0 Å². The van der Waals surface area contributed by atoms with Crippen LogP contribution in [0.2, 0.25) is 0 Å². The Bertz CT molecular complexity index is 103. The zero-order valence-corrected chi connectivity index (χ0v) is 5.39. The zero-order chi connectivity index (χ0) is 6.41. The lowest BCUT2D eigenvalue weighted by Crippen LogP contribution is -1.80. The molecule has 0 amide bonds. The molecule has 0 radical (unpaired) electrons. The number of nitrogens with zero attached hydrogens (tertiary/aromatic N) is 1. The maximum atomic E-state index is 5.14. The molecule has 0 saturated heterocycles. The van der Waals surface area contributed by atoms with Crippen LogP contribution in [0.15, 0.2) is 16.9 Å². The molecule has 0 aliphatic carbocycles. The second-order valence-corrected chi connectivity index (χ2v) is 1.53. The number of rotatable bonds is 2. The summed E-state index contributed by atoms with van der Waals surface area (Å²) < 4.78 is 0. The predicted molar refractivity (Wildman–Crippen MR) is 36.7 cm³/mol. The fraction of sp³-hybridized carbons (Fsp3) is 0.500. The van der Waals surface area contributed by atoms with E-state index in [1.807, 2.05) is 20.1 Å². The van der Waals surface area contributed by atoms with Crippen LogP contribution in [0, 0.1) is 0 Å². The summed E-state index contributed by atoms with van der Waals surface area (Å²) in [7, 11) is 0. The van der Waals surface area contributed by atoms with Gasteiger partial charge in [-0.25, -0.2) is 0 Å².